The second-order valence-electron chi connectivity index (χ2n) is 6.97. The van der Waals surface area contributed by atoms with E-state index in [1.807, 2.05) is 0 Å². The Hall–Kier alpha value is -1.84. The molecule has 0 aliphatic heterocycles. The maximum Gasteiger partial charge on any atom is 0.309 e. The molecule has 0 bridgehead atoms. The molecule has 2 atom stereocenters. The second kappa shape index (κ2) is 10.9. The molecule has 0 N–H and O–H groups in total. The third kappa shape index (κ3) is 7.29. The first kappa shape index (κ1) is 21.2. The lowest BCUT2D eigenvalue weighted by atomic mass is 9.78. The van der Waals surface area contributed by atoms with Crippen molar-refractivity contribution >= 4 is 11.9 Å². The van der Waals surface area contributed by atoms with Crippen LogP contribution in [0.1, 0.15) is 59.3 Å². The van der Waals surface area contributed by atoms with E-state index >= 15 is 0 Å². The van der Waals surface area contributed by atoms with Gasteiger partial charge in [0.05, 0.1) is 26.1 Å². The van der Waals surface area contributed by atoms with Gasteiger partial charge in [0.1, 0.15) is 0 Å². The number of hydrogen-bond acceptors (Lipinski definition) is 4. The maximum atomic E-state index is 12.0. The summed E-state index contributed by atoms with van der Waals surface area (Å²) in [7, 11) is 2.73. The smallest absolute Gasteiger partial charge is 0.309 e. The van der Waals surface area contributed by atoms with Gasteiger partial charge in [0.25, 0.3) is 0 Å². The fourth-order valence-corrected chi connectivity index (χ4v) is 3.18. The average molecular weight is 348 g/mol. The Kier molecular flexibility index (Phi) is 9.25. The van der Waals surface area contributed by atoms with Gasteiger partial charge in [-0.2, -0.15) is 0 Å². The summed E-state index contributed by atoms with van der Waals surface area (Å²) in [6, 6.07) is 0. The van der Waals surface area contributed by atoms with Crippen molar-refractivity contribution in [3.8, 4) is 0 Å². The van der Waals surface area contributed by atoms with Crippen LogP contribution in [0.5, 0.6) is 0 Å². The van der Waals surface area contributed by atoms with Gasteiger partial charge in [0.2, 0.25) is 0 Å². The van der Waals surface area contributed by atoms with Crippen molar-refractivity contribution in [2.45, 2.75) is 59.3 Å². The van der Waals surface area contributed by atoms with Crippen LogP contribution >= 0.6 is 0 Å². The summed E-state index contributed by atoms with van der Waals surface area (Å²) in [6.07, 6.45) is 11.8. The van der Waals surface area contributed by atoms with Crippen LogP contribution in [0.25, 0.3) is 0 Å². The van der Waals surface area contributed by atoms with Gasteiger partial charge in [-0.15, -0.1) is 0 Å². The molecule has 1 rings (SSSR count). The van der Waals surface area contributed by atoms with Gasteiger partial charge < -0.3 is 9.47 Å². The van der Waals surface area contributed by atoms with E-state index in [-0.39, 0.29) is 11.9 Å². The zero-order chi connectivity index (χ0) is 18.8. The van der Waals surface area contributed by atoms with E-state index in [0.717, 1.165) is 25.7 Å². The normalized spacial score (nSPS) is 20.5. The van der Waals surface area contributed by atoms with E-state index in [1.54, 1.807) is 0 Å². The Bertz CT molecular complexity index is 550. The highest BCUT2D eigenvalue weighted by Crippen LogP contribution is 2.33. The minimum atomic E-state index is -0.430. The molecule has 4 nitrogen and oxygen atoms in total. The fraction of sp³-hybridized carbons (Fsp3) is 0.619. The Morgan fingerprint density at radius 2 is 1.68 bits per heavy atom. The van der Waals surface area contributed by atoms with Gasteiger partial charge in [-0.05, 0) is 59.3 Å². The SMILES string of the molecule is COC(=O)C1CC=C(CC/C=C(\C)CCC=C(C)C)CC1C(=O)OC. The van der Waals surface area contributed by atoms with Crippen molar-refractivity contribution in [2.75, 3.05) is 14.2 Å². The molecule has 0 amide bonds. The number of methoxy groups -OCH3 is 2. The van der Waals surface area contributed by atoms with Gasteiger partial charge in [-0.25, -0.2) is 0 Å². The molecule has 0 saturated carbocycles. The lowest BCUT2D eigenvalue weighted by Crippen LogP contribution is -2.33. The van der Waals surface area contributed by atoms with Crippen LogP contribution in [0.3, 0.4) is 0 Å². The molecule has 1 aliphatic rings. The summed E-state index contributed by atoms with van der Waals surface area (Å²) in [4.78, 5) is 23.9. The van der Waals surface area contributed by atoms with E-state index in [4.69, 9.17) is 9.47 Å². The first-order chi connectivity index (χ1) is 11.9. The highest BCUT2D eigenvalue weighted by Gasteiger charge is 2.37. The summed E-state index contributed by atoms with van der Waals surface area (Å²) < 4.78 is 9.70. The highest BCUT2D eigenvalue weighted by atomic mass is 16.5. The monoisotopic (exact) mass is 348 g/mol. The summed E-state index contributed by atoms with van der Waals surface area (Å²) in [5.41, 5.74) is 3.98. The van der Waals surface area contributed by atoms with E-state index < -0.39 is 11.8 Å². The number of esters is 2. The third-order valence-electron chi connectivity index (χ3n) is 4.69. The number of hydrogen-bond donors (Lipinski definition) is 0. The summed E-state index contributed by atoms with van der Waals surface area (Å²) >= 11 is 0. The van der Waals surface area contributed by atoms with Gasteiger partial charge in [-0.3, -0.25) is 9.59 Å². The highest BCUT2D eigenvalue weighted by molar-refractivity contribution is 5.82. The van der Waals surface area contributed by atoms with Crippen molar-refractivity contribution in [2.24, 2.45) is 11.8 Å². The van der Waals surface area contributed by atoms with Crippen LogP contribution in [-0.2, 0) is 19.1 Å². The molecule has 25 heavy (non-hydrogen) atoms. The van der Waals surface area contributed by atoms with Crippen molar-refractivity contribution in [1.82, 2.24) is 0 Å². The van der Waals surface area contributed by atoms with Crippen molar-refractivity contribution < 1.29 is 19.1 Å². The van der Waals surface area contributed by atoms with Crippen LogP contribution in [0.4, 0.5) is 0 Å². The average Bonchev–Trinajstić information content (AvgIpc) is 2.59. The third-order valence-corrected chi connectivity index (χ3v) is 4.69. The zero-order valence-corrected chi connectivity index (χ0v) is 16.3. The largest absolute Gasteiger partial charge is 0.469 e. The Labute approximate surface area is 152 Å². The number of carbonyl (C=O) groups excluding carboxylic acids is 2. The van der Waals surface area contributed by atoms with Crippen molar-refractivity contribution in [1.29, 1.82) is 0 Å². The van der Waals surface area contributed by atoms with Crippen molar-refractivity contribution in [3.05, 3.63) is 34.9 Å². The van der Waals surface area contributed by atoms with Crippen LogP contribution < -0.4 is 0 Å². The molecule has 0 aromatic heterocycles. The van der Waals surface area contributed by atoms with Crippen LogP contribution in [0.2, 0.25) is 0 Å². The van der Waals surface area contributed by atoms with Crippen LogP contribution in [0.15, 0.2) is 34.9 Å². The zero-order valence-electron chi connectivity index (χ0n) is 16.3. The molecular weight excluding hydrogens is 316 g/mol. The number of ether oxygens (including phenoxy) is 2. The lowest BCUT2D eigenvalue weighted by Gasteiger charge is -2.27. The van der Waals surface area contributed by atoms with E-state index in [1.165, 1.54) is 30.9 Å². The molecule has 4 heteroatoms. The Balaban J connectivity index is 2.59. The number of rotatable bonds is 8. The van der Waals surface area contributed by atoms with Gasteiger partial charge >= 0.3 is 11.9 Å². The Morgan fingerprint density at radius 1 is 1.04 bits per heavy atom. The molecule has 0 radical (unpaired) electrons. The summed E-state index contributed by atoms with van der Waals surface area (Å²) in [5, 5.41) is 0. The molecule has 140 valence electrons. The predicted octanol–water partition coefficient (Wildman–Crippen LogP) is 4.76. The fourth-order valence-electron chi connectivity index (χ4n) is 3.18. The summed E-state index contributed by atoms with van der Waals surface area (Å²) in [6.45, 7) is 6.40. The Morgan fingerprint density at radius 3 is 2.28 bits per heavy atom. The standard InChI is InChI=1S/C21H32O4/c1-15(2)8-6-9-16(3)10-7-11-17-12-13-18(20(22)24-4)19(14-17)21(23)25-5/h8,10,12,18-19H,6-7,9,11,13-14H2,1-5H3/b16-10+. The molecule has 0 fully saturated rings. The molecular formula is C21H32O4. The first-order valence-corrected chi connectivity index (χ1v) is 9.01. The van der Waals surface area contributed by atoms with E-state index in [2.05, 4.69) is 39.0 Å². The maximum absolute atomic E-state index is 12.0. The molecule has 0 heterocycles. The molecule has 0 saturated heterocycles. The molecule has 0 aromatic rings. The lowest BCUT2D eigenvalue weighted by molar-refractivity contribution is -0.157. The van der Waals surface area contributed by atoms with Gasteiger partial charge in [0, 0.05) is 0 Å². The molecule has 0 spiro atoms. The van der Waals surface area contributed by atoms with Gasteiger partial charge in [0.15, 0.2) is 0 Å². The second-order valence-corrected chi connectivity index (χ2v) is 6.97. The van der Waals surface area contributed by atoms with Gasteiger partial charge in [-0.1, -0.05) is 34.9 Å². The van der Waals surface area contributed by atoms with E-state index in [9.17, 15) is 9.59 Å². The van der Waals surface area contributed by atoms with E-state index in [0.29, 0.717) is 12.8 Å². The molecule has 0 aromatic carbocycles. The summed E-state index contributed by atoms with van der Waals surface area (Å²) in [5.74, 6) is -1.52. The topological polar surface area (TPSA) is 52.6 Å². The number of allylic oxidation sites excluding steroid dienone is 6. The first-order valence-electron chi connectivity index (χ1n) is 9.01. The van der Waals surface area contributed by atoms with Crippen LogP contribution in [0, 0.1) is 11.8 Å². The predicted molar refractivity (Wildman–Crippen MR) is 100.0 cm³/mol. The minimum absolute atomic E-state index is 0.325. The van der Waals surface area contributed by atoms with Crippen molar-refractivity contribution in [3.63, 3.8) is 0 Å². The quantitative estimate of drug-likeness (QED) is 0.469. The number of carbonyl (C=O) groups is 2. The molecule has 1 aliphatic carbocycles. The van der Waals surface area contributed by atoms with Crippen LogP contribution in [-0.4, -0.2) is 26.2 Å². The molecule has 2 unspecified atom stereocenters. The minimum Gasteiger partial charge on any atom is -0.469 e.